The number of nitrogens with two attached hydrogens (primary N) is 3. The molecule has 0 heterocycles. The van der Waals surface area contributed by atoms with Gasteiger partial charge in [-0.1, -0.05) is 13.8 Å². The van der Waals surface area contributed by atoms with E-state index in [0.29, 0.717) is 0 Å². The maximum Gasteiger partial charge on any atom is -0.000671 e. The fourth-order valence-corrected chi connectivity index (χ4v) is 3.01. The van der Waals surface area contributed by atoms with Crippen molar-refractivity contribution >= 4 is 0 Å². The number of hydrogen-bond donors (Lipinski definition) is 3. The molecule has 0 saturated carbocycles. The summed E-state index contributed by atoms with van der Waals surface area (Å²) in [5.74, 6) is 0.806. The minimum absolute atomic E-state index is 0.780. The third-order valence-corrected chi connectivity index (χ3v) is 4.49. The van der Waals surface area contributed by atoms with Gasteiger partial charge in [-0.2, -0.15) is 0 Å². The molecule has 5 heteroatoms. The fourth-order valence-electron chi connectivity index (χ4n) is 3.01. The van der Waals surface area contributed by atoms with Gasteiger partial charge in [0, 0.05) is 0 Å². The molecule has 0 aromatic carbocycles. The molecule has 0 unspecified atom stereocenters. The molecule has 0 aliphatic carbocycles. The van der Waals surface area contributed by atoms with Crippen molar-refractivity contribution in [3.63, 3.8) is 0 Å². The lowest BCUT2D eigenvalue weighted by Crippen LogP contribution is -2.31. The van der Waals surface area contributed by atoms with Crippen LogP contribution in [0.15, 0.2) is 0 Å². The third-order valence-electron chi connectivity index (χ3n) is 4.49. The standard InChI is InChI=1S/C19H45N5/c1-19(2)9-5-15-23(16-6-10-20)13-3-4-14-24(17-7-11-21)18-8-12-22/h19H,3-18,20-22H2,1-2H3. The highest BCUT2D eigenvalue weighted by Gasteiger charge is 2.07. The van der Waals surface area contributed by atoms with Gasteiger partial charge < -0.3 is 27.0 Å². The average molecular weight is 344 g/mol. The van der Waals surface area contributed by atoms with Crippen LogP contribution in [0.2, 0.25) is 0 Å². The summed E-state index contributed by atoms with van der Waals surface area (Å²) in [5, 5.41) is 0. The molecule has 24 heavy (non-hydrogen) atoms. The van der Waals surface area contributed by atoms with Gasteiger partial charge in [0.25, 0.3) is 0 Å². The topological polar surface area (TPSA) is 84.5 Å². The summed E-state index contributed by atoms with van der Waals surface area (Å²) in [6, 6.07) is 0. The Hall–Kier alpha value is -0.200. The lowest BCUT2D eigenvalue weighted by molar-refractivity contribution is 0.233. The normalized spacial score (nSPS) is 12.0. The Morgan fingerprint density at radius 1 is 0.542 bits per heavy atom. The van der Waals surface area contributed by atoms with E-state index in [4.69, 9.17) is 17.2 Å². The summed E-state index contributed by atoms with van der Waals surface area (Å²) in [7, 11) is 0. The molecule has 5 nitrogen and oxygen atoms in total. The number of nitrogens with zero attached hydrogens (tertiary/aromatic N) is 2. The molecule has 0 atom stereocenters. The Morgan fingerprint density at radius 3 is 1.21 bits per heavy atom. The van der Waals surface area contributed by atoms with E-state index < -0.39 is 0 Å². The molecule has 0 radical (unpaired) electrons. The highest BCUT2D eigenvalue weighted by molar-refractivity contribution is 4.63. The zero-order chi connectivity index (χ0) is 18.0. The smallest absolute Gasteiger partial charge is 0.000671 e. The highest BCUT2D eigenvalue weighted by Crippen LogP contribution is 2.07. The van der Waals surface area contributed by atoms with Crippen LogP contribution >= 0.6 is 0 Å². The van der Waals surface area contributed by atoms with Crippen LogP contribution in [0.1, 0.15) is 58.8 Å². The van der Waals surface area contributed by atoms with Crippen molar-refractivity contribution in [1.82, 2.24) is 9.80 Å². The molecule has 0 aromatic heterocycles. The van der Waals surface area contributed by atoms with Gasteiger partial charge in [-0.15, -0.1) is 0 Å². The Labute approximate surface area is 151 Å². The van der Waals surface area contributed by atoms with E-state index in [1.807, 2.05) is 0 Å². The quantitative estimate of drug-likeness (QED) is 0.331. The SMILES string of the molecule is CC(C)CCCN(CCCN)CCCCN(CCCN)CCCN. The Bertz CT molecular complexity index is 240. The van der Waals surface area contributed by atoms with Crippen molar-refractivity contribution in [2.75, 3.05) is 58.9 Å². The van der Waals surface area contributed by atoms with Crippen molar-refractivity contribution in [1.29, 1.82) is 0 Å². The van der Waals surface area contributed by atoms with Crippen molar-refractivity contribution in [3.05, 3.63) is 0 Å². The van der Waals surface area contributed by atoms with Crippen LogP contribution in [0.5, 0.6) is 0 Å². The first-order chi connectivity index (χ1) is 11.6. The van der Waals surface area contributed by atoms with Crippen molar-refractivity contribution in [2.45, 2.75) is 58.8 Å². The van der Waals surface area contributed by atoms with E-state index in [1.165, 1.54) is 45.3 Å². The molecule has 0 fully saturated rings. The van der Waals surface area contributed by atoms with E-state index in [9.17, 15) is 0 Å². The monoisotopic (exact) mass is 343 g/mol. The number of hydrogen-bond acceptors (Lipinski definition) is 5. The molecule has 0 amide bonds. The second-order valence-corrected chi connectivity index (χ2v) is 7.35. The molecule has 0 rings (SSSR count). The maximum absolute atomic E-state index is 5.69. The van der Waals surface area contributed by atoms with E-state index >= 15 is 0 Å². The first-order valence-electron chi connectivity index (χ1n) is 10.2. The van der Waals surface area contributed by atoms with Crippen LogP contribution < -0.4 is 17.2 Å². The molecule has 0 aliphatic heterocycles. The molecule has 0 aliphatic rings. The summed E-state index contributed by atoms with van der Waals surface area (Å²) in [4.78, 5) is 5.14. The average Bonchev–Trinajstić information content (AvgIpc) is 2.57. The zero-order valence-corrected chi connectivity index (χ0v) is 16.5. The Kier molecular flexibility index (Phi) is 17.5. The van der Waals surface area contributed by atoms with E-state index in [2.05, 4.69) is 23.6 Å². The predicted molar refractivity (Wildman–Crippen MR) is 107 cm³/mol. The molecule has 0 bridgehead atoms. The van der Waals surface area contributed by atoms with Crippen LogP contribution in [-0.4, -0.2) is 68.7 Å². The van der Waals surface area contributed by atoms with Crippen LogP contribution in [0, 0.1) is 5.92 Å². The highest BCUT2D eigenvalue weighted by atomic mass is 15.1. The van der Waals surface area contributed by atoms with Crippen molar-refractivity contribution < 1.29 is 0 Å². The van der Waals surface area contributed by atoms with Gasteiger partial charge in [0.05, 0.1) is 0 Å². The Balaban J connectivity index is 3.98. The summed E-state index contributed by atoms with van der Waals surface area (Å²) in [6.45, 7) is 14.0. The van der Waals surface area contributed by atoms with Crippen LogP contribution in [0.25, 0.3) is 0 Å². The van der Waals surface area contributed by atoms with Crippen LogP contribution in [0.3, 0.4) is 0 Å². The lowest BCUT2D eigenvalue weighted by Gasteiger charge is -2.24. The van der Waals surface area contributed by atoms with Crippen LogP contribution in [0.4, 0.5) is 0 Å². The number of rotatable bonds is 18. The zero-order valence-electron chi connectivity index (χ0n) is 16.5. The molecule has 6 N–H and O–H groups in total. The molecule has 0 spiro atoms. The van der Waals surface area contributed by atoms with Gasteiger partial charge in [0.1, 0.15) is 0 Å². The largest absolute Gasteiger partial charge is 0.330 e. The lowest BCUT2D eigenvalue weighted by atomic mass is 10.1. The second-order valence-electron chi connectivity index (χ2n) is 7.35. The van der Waals surface area contributed by atoms with Gasteiger partial charge in [0.15, 0.2) is 0 Å². The van der Waals surface area contributed by atoms with E-state index in [1.54, 1.807) is 0 Å². The Morgan fingerprint density at radius 2 is 0.875 bits per heavy atom. The molecular weight excluding hydrogens is 298 g/mol. The van der Waals surface area contributed by atoms with Gasteiger partial charge in [0.2, 0.25) is 0 Å². The molecular formula is C19H45N5. The number of unbranched alkanes of at least 4 members (excludes halogenated alkanes) is 1. The summed E-state index contributed by atoms with van der Waals surface area (Å²) >= 11 is 0. The van der Waals surface area contributed by atoms with Crippen molar-refractivity contribution in [3.8, 4) is 0 Å². The fraction of sp³-hybridized carbons (Fsp3) is 1.00. The predicted octanol–water partition coefficient (Wildman–Crippen LogP) is 1.85. The second kappa shape index (κ2) is 17.6. The third kappa shape index (κ3) is 15.3. The van der Waals surface area contributed by atoms with E-state index in [0.717, 1.165) is 64.4 Å². The molecule has 146 valence electrons. The first-order valence-corrected chi connectivity index (χ1v) is 10.2. The molecule has 0 saturated heterocycles. The van der Waals surface area contributed by atoms with Crippen LogP contribution in [-0.2, 0) is 0 Å². The summed E-state index contributed by atoms with van der Waals surface area (Å²) < 4.78 is 0. The summed E-state index contributed by atoms with van der Waals surface area (Å²) in [6.07, 6.45) is 8.45. The molecule has 0 aromatic rings. The summed E-state index contributed by atoms with van der Waals surface area (Å²) in [5.41, 5.74) is 17.0. The van der Waals surface area contributed by atoms with Gasteiger partial charge in [-0.05, 0) is 110 Å². The van der Waals surface area contributed by atoms with Crippen molar-refractivity contribution in [2.24, 2.45) is 23.1 Å². The maximum atomic E-state index is 5.69. The minimum atomic E-state index is 0.780. The minimum Gasteiger partial charge on any atom is -0.330 e. The van der Waals surface area contributed by atoms with Gasteiger partial charge in [-0.25, -0.2) is 0 Å². The van der Waals surface area contributed by atoms with E-state index in [-0.39, 0.29) is 0 Å². The first kappa shape index (κ1) is 23.8. The van der Waals surface area contributed by atoms with Gasteiger partial charge in [-0.3, -0.25) is 0 Å². The van der Waals surface area contributed by atoms with Gasteiger partial charge >= 0.3 is 0 Å².